The van der Waals surface area contributed by atoms with Gasteiger partial charge in [-0.3, -0.25) is 9.98 Å². The van der Waals surface area contributed by atoms with Crippen LogP contribution in [0.5, 0.6) is 0 Å². The van der Waals surface area contributed by atoms with E-state index in [1.165, 1.54) is 11.1 Å². The van der Waals surface area contributed by atoms with Crippen LogP contribution in [0, 0.1) is 6.92 Å². The van der Waals surface area contributed by atoms with Gasteiger partial charge in [-0.15, -0.1) is 0 Å². The molecule has 1 heterocycles. The maximum absolute atomic E-state index is 4.16. The van der Waals surface area contributed by atoms with E-state index < -0.39 is 0 Å². The van der Waals surface area contributed by atoms with E-state index in [0.717, 1.165) is 18.9 Å². The Kier molecular flexibility index (Phi) is 5.46. The van der Waals surface area contributed by atoms with Gasteiger partial charge >= 0.3 is 0 Å². The molecule has 1 aromatic rings. The quantitative estimate of drug-likeness (QED) is 0.613. The van der Waals surface area contributed by atoms with Gasteiger partial charge in [0, 0.05) is 32.0 Å². The van der Waals surface area contributed by atoms with Gasteiger partial charge in [0.2, 0.25) is 0 Å². The lowest BCUT2D eigenvalue weighted by atomic mass is 10.1. The van der Waals surface area contributed by atoms with Crippen LogP contribution in [0.2, 0.25) is 0 Å². The third kappa shape index (κ3) is 4.85. The molecule has 0 aromatic carbocycles. The predicted octanol–water partition coefficient (Wildman–Crippen LogP) is 1.51. The minimum absolute atomic E-state index is 0.392. The highest BCUT2D eigenvalue weighted by atomic mass is 15.2. The van der Waals surface area contributed by atoms with Gasteiger partial charge in [-0.1, -0.05) is 0 Å². The van der Waals surface area contributed by atoms with Gasteiger partial charge in [0.05, 0.1) is 0 Å². The Balaban J connectivity index is 2.39. The molecule has 0 aliphatic heterocycles. The van der Waals surface area contributed by atoms with Crippen LogP contribution in [0.15, 0.2) is 23.5 Å². The van der Waals surface area contributed by atoms with Crippen molar-refractivity contribution >= 4 is 5.96 Å². The van der Waals surface area contributed by atoms with E-state index in [1.54, 1.807) is 7.05 Å². The molecule has 17 heavy (non-hydrogen) atoms. The fraction of sp³-hybridized carbons (Fsp3) is 0.538. The molecule has 0 aliphatic carbocycles. The van der Waals surface area contributed by atoms with Crippen LogP contribution in [-0.2, 0) is 6.42 Å². The van der Waals surface area contributed by atoms with E-state index in [-0.39, 0.29) is 0 Å². The minimum Gasteiger partial charge on any atom is -0.356 e. The zero-order chi connectivity index (χ0) is 12.7. The molecule has 0 saturated heterocycles. The standard InChI is InChI=1S/C13H22N4/c1-10(2)17-13(14-4)16-8-6-12-5-7-15-9-11(12)3/h5,7,9-10H,6,8H2,1-4H3,(H2,14,16,17). The fourth-order valence-electron chi connectivity index (χ4n) is 1.57. The molecule has 0 saturated carbocycles. The Morgan fingerprint density at radius 1 is 1.47 bits per heavy atom. The normalized spacial score (nSPS) is 11.7. The van der Waals surface area contributed by atoms with Gasteiger partial charge in [0.25, 0.3) is 0 Å². The SMILES string of the molecule is CN=C(NCCc1ccncc1C)NC(C)C. The first-order chi connectivity index (χ1) is 8.13. The molecule has 0 bridgehead atoms. The molecule has 1 aromatic heterocycles. The lowest BCUT2D eigenvalue weighted by Gasteiger charge is -2.14. The monoisotopic (exact) mass is 234 g/mol. The average Bonchev–Trinajstić information content (AvgIpc) is 2.29. The van der Waals surface area contributed by atoms with Crippen molar-refractivity contribution in [3.63, 3.8) is 0 Å². The number of hydrogen-bond donors (Lipinski definition) is 2. The number of aryl methyl sites for hydroxylation is 1. The van der Waals surface area contributed by atoms with Crippen molar-refractivity contribution < 1.29 is 0 Å². The highest BCUT2D eigenvalue weighted by Gasteiger charge is 2.01. The maximum Gasteiger partial charge on any atom is 0.191 e. The largest absolute Gasteiger partial charge is 0.356 e. The number of pyridine rings is 1. The van der Waals surface area contributed by atoms with Gasteiger partial charge in [-0.2, -0.15) is 0 Å². The van der Waals surface area contributed by atoms with Crippen LogP contribution in [0.25, 0.3) is 0 Å². The molecule has 0 amide bonds. The van der Waals surface area contributed by atoms with Crippen LogP contribution >= 0.6 is 0 Å². The smallest absolute Gasteiger partial charge is 0.191 e. The molecule has 0 atom stereocenters. The summed E-state index contributed by atoms with van der Waals surface area (Å²) >= 11 is 0. The Bertz CT molecular complexity index is 371. The van der Waals surface area contributed by atoms with E-state index in [4.69, 9.17) is 0 Å². The summed E-state index contributed by atoms with van der Waals surface area (Å²) in [4.78, 5) is 8.25. The summed E-state index contributed by atoms with van der Waals surface area (Å²) in [6, 6.07) is 2.46. The van der Waals surface area contributed by atoms with E-state index in [9.17, 15) is 0 Å². The number of nitrogens with zero attached hydrogens (tertiary/aromatic N) is 2. The van der Waals surface area contributed by atoms with Crippen molar-refractivity contribution in [3.05, 3.63) is 29.6 Å². The molecule has 0 aliphatic rings. The van der Waals surface area contributed by atoms with Crippen LogP contribution in [0.4, 0.5) is 0 Å². The summed E-state index contributed by atoms with van der Waals surface area (Å²) < 4.78 is 0. The Hall–Kier alpha value is -1.58. The molecule has 94 valence electrons. The van der Waals surface area contributed by atoms with Gasteiger partial charge in [0.15, 0.2) is 5.96 Å². The molecular weight excluding hydrogens is 212 g/mol. The van der Waals surface area contributed by atoms with Crippen LogP contribution < -0.4 is 10.6 Å². The number of aliphatic imine (C=N–C) groups is 1. The van der Waals surface area contributed by atoms with Crippen molar-refractivity contribution in [2.24, 2.45) is 4.99 Å². The van der Waals surface area contributed by atoms with Crippen molar-refractivity contribution in [1.29, 1.82) is 0 Å². The molecule has 0 radical (unpaired) electrons. The number of aromatic nitrogens is 1. The first-order valence-electron chi connectivity index (χ1n) is 6.00. The molecule has 2 N–H and O–H groups in total. The van der Waals surface area contributed by atoms with Crippen LogP contribution in [0.1, 0.15) is 25.0 Å². The third-order valence-corrected chi connectivity index (χ3v) is 2.47. The van der Waals surface area contributed by atoms with E-state index in [1.807, 2.05) is 12.4 Å². The molecule has 1 rings (SSSR count). The van der Waals surface area contributed by atoms with Gasteiger partial charge in [0.1, 0.15) is 0 Å². The minimum atomic E-state index is 0.392. The summed E-state index contributed by atoms with van der Waals surface area (Å²) in [5.74, 6) is 0.853. The van der Waals surface area contributed by atoms with E-state index in [0.29, 0.717) is 6.04 Å². The summed E-state index contributed by atoms with van der Waals surface area (Å²) in [6.07, 6.45) is 4.72. The highest BCUT2D eigenvalue weighted by molar-refractivity contribution is 5.79. The first kappa shape index (κ1) is 13.5. The van der Waals surface area contributed by atoms with Crippen LogP contribution in [-0.4, -0.2) is 30.6 Å². The Morgan fingerprint density at radius 3 is 2.82 bits per heavy atom. The molecule has 0 spiro atoms. The number of nitrogens with one attached hydrogen (secondary N) is 2. The predicted molar refractivity (Wildman–Crippen MR) is 72.3 cm³/mol. The first-order valence-corrected chi connectivity index (χ1v) is 6.00. The maximum atomic E-state index is 4.16. The molecular formula is C13H22N4. The Labute approximate surface area is 104 Å². The second-order valence-electron chi connectivity index (χ2n) is 4.35. The van der Waals surface area contributed by atoms with Crippen molar-refractivity contribution in [3.8, 4) is 0 Å². The summed E-state index contributed by atoms with van der Waals surface area (Å²) in [5.41, 5.74) is 2.56. The zero-order valence-electron chi connectivity index (χ0n) is 11.1. The highest BCUT2D eigenvalue weighted by Crippen LogP contribution is 2.04. The molecule has 4 nitrogen and oxygen atoms in total. The Morgan fingerprint density at radius 2 is 2.24 bits per heavy atom. The van der Waals surface area contributed by atoms with E-state index >= 15 is 0 Å². The summed E-state index contributed by atoms with van der Waals surface area (Å²) in [7, 11) is 1.79. The zero-order valence-corrected chi connectivity index (χ0v) is 11.1. The lowest BCUT2D eigenvalue weighted by molar-refractivity contribution is 0.697. The van der Waals surface area contributed by atoms with Gasteiger partial charge in [-0.25, -0.2) is 0 Å². The molecule has 0 unspecified atom stereocenters. The lowest BCUT2D eigenvalue weighted by Crippen LogP contribution is -2.41. The van der Waals surface area contributed by atoms with Crippen molar-refractivity contribution in [2.75, 3.05) is 13.6 Å². The molecule has 0 fully saturated rings. The van der Waals surface area contributed by atoms with Crippen molar-refractivity contribution in [2.45, 2.75) is 33.2 Å². The summed E-state index contributed by atoms with van der Waals surface area (Å²) in [6.45, 7) is 7.15. The molecule has 4 heteroatoms. The van der Waals surface area contributed by atoms with E-state index in [2.05, 4.69) is 47.4 Å². The fourth-order valence-corrected chi connectivity index (χ4v) is 1.57. The third-order valence-electron chi connectivity index (χ3n) is 2.47. The van der Waals surface area contributed by atoms with Crippen LogP contribution in [0.3, 0.4) is 0 Å². The number of guanidine groups is 1. The second-order valence-corrected chi connectivity index (χ2v) is 4.35. The van der Waals surface area contributed by atoms with Gasteiger partial charge < -0.3 is 10.6 Å². The topological polar surface area (TPSA) is 49.3 Å². The van der Waals surface area contributed by atoms with Crippen molar-refractivity contribution in [1.82, 2.24) is 15.6 Å². The second kappa shape index (κ2) is 6.89. The number of hydrogen-bond acceptors (Lipinski definition) is 2. The summed E-state index contributed by atoms with van der Waals surface area (Å²) in [5, 5.41) is 6.55. The number of rotatable bonds is 4. The van der Waals surface area contributed by atoms with Gasteiger partial charge in [-0.05, 0) is 44.4 Å². The average molecular weight is 234 g/mol.